The molecule has 3 atom stereocenters. The van der Waals surface area contributed by atoms with Crippen LogP contribution in [0.15, 0.2) is 23.3 Å². The Kier molecular flexibility index (Phi) is 1.74. The average Bonchev–Trinajstić information content (AvgIpc) is 2.73. The molecule has 1 nitrogen and oxygen atoms in total. The van der Waals surface area contributed by atoms with E-state index in [0.717, 1.165) is 6.42 Å². The summed E-state index contributed by atoms with van der Waals surface area (Å²) in [6, 6.07) is 0. The lowest BCUT2D eigenvalue weighted by atomic mass is 10.00. The molecule has 0 saturated carbocycles. The second-order valence-corrected chi connectivity index (χ2v) is 11.7. The molecule has 0 aliphatic heterocycles. The molecule has 0 radical (unpaired) electrons. The van der Waals surface area contributed by atoms with Gasteiger partial charge < -0.3 is 0 Å². The van der Waals surface area contributed by atoms with Crippen molar-refractivity contribution < 1.29 is 4.79 Å². The molecule has 80 valence electrons. The quantitative estimate of drug-likeness (QED) is 0.488. The third-order valence-electron chi connectivity index (χ3n) is 4.30. The molecule has 0 fully saturated rings. The average molecular weight is 218 g/mol. The van der Waals surface area contributed by atoms with Gasteiger partial charge in [-0.1, -0.05) is 37.4 Å². The minimum atomic E-state index is -1.30. The Hall–Kier alpha value is -0.633. The fourth-order valence-electron chi connectivity index (χ4n) is 3.41. The number of hydrogen-bond acceptors (Lipinski definition) is 1. The normalized spacial score (nSPS) is 38.1. The molecule has 2 bridgehead atoms. The molecule has 0 heterocycles. The lowest BCUT2D eigenvalue weighted by Gasteiger charge is -2.25. The molecule has 1 unspecified atom stereocenters. The number of rotatable bonds is 1. The lowest BCUT2D eigenvalue weighted by molar-refractivity contribution is -0.115. The standard InChI is InChI=1S/C13H18OSi/c1-15(2,3)11-7-10-8-4-5-9(6-8)12(10)13(11)14/h4-5,8-9,11H,6-7H2,1-3H3/t8-,9+,11?/m1/s1. The van der Waals surface area contributed by atoms with Gasteiger partial charge in [-0.05, 0) is 18.8 Å². The van der Waals surface area contributed by atoms with Crippen LogP contribution >= 0.6 is 0 Å². The second-order valence-electron chi connectivity index (χ2n) is 6.26. The molecule has 0 saturated heterocycles. The predicted octanol–water partition coefficient (Wildman–Crippen LogP) is 3.17. The van der Waals surface area contributed by atoms with E-state index in [1.165, 1.54) is 17.6 Å². The van der Waals surface area contributed by atoms with Gasteiger partial charge in [0.2, 0.25) is 0 Å². The number of Topliss-reactive ketones (excluding diaryl/α,β-unsaturated/α-hetero) is 1. The van der Waals surface area contributed by atoms with Gasteiger partial charge in [0.25, 0.3) is 0 Å². The Morgan fingerprint density at radius 3 is 2.47 bits per heavy atom. The van der Waals surface area contributed by atoms with Gasteiger partial charge in [0.1, 0.15) is 0 Å². The summed E-state index contributed by atoms with van der Waals surface area (Å²) >= 11 is 0. The summed E-state index contributed by atoms with van der Waals surface area (Å²) in [6.07, 6.45) is 6.88. The van der Waals surface area contributed by atoms with Crippen LogP contribution in [-0.2, 0) is 4.79 Å². The van der Waals surface area contributed by atoms with E-state index in [1.54, 1.807) is 0 Å². The maximum Gasteiger partial charge on any atom is 0.160 e. The number of allylic oxidation sites excluding steroid dienone is 4. The molecule has 2 heteroatoms. The van der Waals surface area contributed by atoms with E-state index in [2.05, 4.69) is 31.8 Å². The van der Waals surface area contributed by atoms with Crippen LogP contribution in [0.25, 0.3) is 0 Å². The van der Waals surface area contributed by atoms with E-state index in [1.807, 2.05) is 0 Å². The molecule has 0 aromatic rings. The summed E-state index contributed by atoms with van der Waals surface area (Å²) in [5.41, 5.74) is 3.13. The van der Waals surface area contributed by atoms with E-state index in [4.69, 9.17) is 0 Å². The van der Waals surface area contributed by atoms with Crippen LogP contribution in [0, 0.1) is 11.8 Å². The second kappa shape index (κ2) is 2.73. The van der Waals surface area contributed by atoms with Crippen LogP contribution in [0.4, 0.5) is 0 Å². The Morgan fingerprint density at radius 2 is 1.87 bits per heavy atom. The molecule has 0 aromatic carbocycles. The van der Waals surface area contributed by atoms with Gasteiger partial charge in [-0.2, -0.15) is 0 Å². The highest BCUT2D eigenvalue weighted by molar-refractivity contribution is 6.81. The number of hydrogen-bond donors (Lipinski definition) is 0. The van der Waals surface area contributed by atoms with Crippen LogP contribution in [-0.4, -0.2) is 13.9 Å². The Bertz CT molecular complexity index is 397. The third-order valence-corrected chi connectivity index (χ3v) is 6.86. The van der Waals surface area contributed by atoms with Crippen molar-refractivity contribution >= 4 is 13.9 Å². The number of carbonyl (C=O) groups is 1. The zero-order chi connectivity index (χ0) is 10.8. The molecule has 0 spiro atoms. The van der Waals surface area contributed by atoms with Gasteiger partial charge >= 0.3 is 0 Å². The van der Waals surface area contributed by atoms with E-state index in [-0.39, 0.29) is 0 Å². The van der Waals surface area contributed by atoms with Gasteiger partial charge in [0.15, 0.2) is 5.78 Å². The van der Waals surface area contributed by atoms with Gasteiger partial charge in [0, 0.05) is 17.0 Å². The van der Waals surface area contributed by atoms with Crippen LogP contribution in [0.3, 0.4) is 0 Å². The molecular formula is C13H18OSi. The summed E-state index contributed by atoms with van der Waals surface area (Å²) < 4.78 is 0. The highest BCUT2D eigenvalue weighted by Gasteiger charge is 2.49. The molecular weight excluding hydrogens is 200 g/mol. The van der Waals surface area contributed by atoms with Crippen molar-refractivity contribution in [1.82, 2.24) is 0 Å². The summed E-state index contributed by atoms with van der Waals surface area (Å²) in [4.78, 5) is 12.4. The maximum atomic E-state index is 12.4. The monoisotopic (exact) mass is 218 g/mol. The van der Waals surface area contributed by atoms with Crippen molar-refractivity contribution in [3.05, 3.63) is 23.3 Å². The largest absolute Gasteiger partial charge is 0.295 e. The van der Waals surface area contributed by atoms with Gasteiger partial charge in [-0.3, -0.25) is 4.79 Å². The first-order valence-electron chi connectivity index (χ1n) is 5.94. The topological polar surface area (TPSA) is 17.1 Å². The van der Waals surface area contributed by atoms with Gasteiger partial charge in [0.05, 0.1) is 8.07 Å². The minimum Gasteiger partial charge on any atom is -0.295 e. The molecule has 0 amide bonds. The van der Waals surface area contributed by atoms with Crippen molar-refractivity contribution in [2.24, 2.45) is 11.8 Å². The highest BCUT2D eigenvalue weighted by atomic mass is 28.3. The van der Waals surface area contributed by atoms with Crippen molar-refractivity contribution in [2.45, 2.75) is 38.0 Å². The molecule has 3 aliphatic rings. The molecule has 0 aromatic heterocycles. The first-order valence-corrected chi connectivity index (χ1v) is 9.51. The zero-order valence-corrected chi connectivity index (χ0v) is 10.7. The zero-order valence-electron chi connectivity index (χ0n) is 9.71. The highest BCUT2D eigenvalue weighted by Crippen LogP contribution is 2.54. The summed E-state index contributed by atoms with van der Waals surface area (Å²) in [5.74, 6) is 1.65. The minimum absolute atomic E-state index is 0.382. The van der Waals surface area contributed by atoms with Crippen LogP contribution in [0.5, 0.6) is 0 Å². The molecule has 0 N–H and O–H groups in total. The van der Waals surface area contributed by atoms with E-state index in [0.29, 0.717) is 23.2 Å². The summed E-state index contributed by atoms with van der Waals surface area (Å²) in [7, 11) is -1.30. The fraction of sp³-hybridized carbons (Fsp3) is 0.615. The molecule has 15 heavy (non-hydrogen) atoms. The number of fused-ring (bicyclic) bond motifs is 4. The van der Waals surface area contributed by atoms with Crippen molar-refractivity contribution in [2.75, 3.05) is 0 Å². The van der Waals surface area contributed by atoms with Crippen LogP contribution in [0.1, 0.15) is 12.8 Å². The summed E-state index contributed by atoms with van der Waals surface area (Å²) in [6.45, 7) is 6.98. The molecule has 3 aliphatic carbocycles. The van der Waals surface area contributed by atoms with Gasteiger partial charge in [-0.25, -0.2) is 0 Å². The number of carbonyl (C=O) groups excluding carboxylic acids is 1. The lowest BCUT2D eigenvalue weighted by Crippen LogP contribution is -2.32. The van der Waals surface area contributed by atoms with E-state index >= 15 is 0 Å². The molecule has 3 rings (SSSR count). The Balaban J connectivity index is 1.95. The maximum absolute atomic E-state index is 12.4. The van der Waals surface area contributed by atoms with E-state index in [9.17, 15) is 4.79 Å². The predicted molar refractivity (Wildman–Crippen MR) is 64.5 cm³/mol. The smallest absolute Gasteiger partial charge is 0.160 e. The Labute approximate surface area is 92.3 Å². The van der Waals surface area contributed by atoms with Crippen molar-refractivity contribution in [1.29, 1.82) is 0 Å². The van der Waals surface area contributed by atoms with Crippen molar-refractivity contribution in [3.8, 4) is 0 Å². The third kappa shape index (κ3) is 1.17. The first kappa shape index (κ1) is 9.58. The van der Waals surface area contributed by atoms with Crippen LogP contribution < -0.4 is 0 Å². The van der Waals surface area contributed by atoms with E-state index < -0.39 is 8.07 Å². The summed E-state index contributed by atoms with van der Waals surface area (Å²) in [5, 5.41) is 0. The fourth-order valence-corrected chi connectivity index (χ4v) is 5.19. The van der Waals surface area contributed by atoms with Gasteiger partial charge in [-0.15, -0.1) is 0 Å². The van der Waals surface area contributed by atoms with Crippen molar-refractivity contribution in [3.63, 3.8) is 0 Å². The Morgan fingerprint density at radius 1 is 1.20 bits per heavy atom. The number of ketones is 1. The SMILES string of the molecule is C[Si](C)(C)C1CC2=C(C1=O)[C@H]1C=C[C@@H]2C1. The van der Waals surface area contributed by atoms with Crippen LogP contribution in [0.2, 0.25) is 25.2 Å². The first-order chi connectivity index (χ1) is 6.98.